The molecule has 0 amide bonds. The van der Waals surface area contributed by atoms with E-state index in [1.807, 2.05) is 0 Å². The molecule has 0 rings (SSSR count). The van der Waals surface area contributed by atoms with Crippen molar-refractivity contribution >= 4 is 21.2 Å². The van der Waals surface area contributed by atoms with Gasteiger partial charge in [0.2, 0.25) is 0 Å². The molecule has 0 saturated heterocycles. The van der Waals surface area contributed by atoms with Crippen LogP contribution in [0.3, 0.4) is 0 Å². The molecule has 0 heterocycles. The van der Waals surface area contributed by atoms with Crippen LogP contribution in [0.15, 0.2) is 50.6 Å². The average molecular weight is 371 g/mol. The van der Waals surface area contributed by atoms with Crippen LogP contribution in [0.2, 0.25) is 15.9 Å². The van der Waals surface area contributed by atoms with Gasteiger partial charge in [-0.1, -0.05) is 0 Å². The van der Waals surface area contributed by atoms with E-state index in [0.717, 1.165) is 0 Å². The molecule has 0 saturated carbocycles. The van der Waals surface area contributed by atoms with Crippen molar-refractivity contribution in [1.29, 1.82) is 0 Å². The number of hydrogen-bond donors (Lipinski definition) is 0. The first-order valence-electron chi connectivity index (χ1n) is 4.68. The summed E-state index contributed by atoms with van der Waals surface area (Å²) in [6.45, 7) is 15.4. The van der Waals surface area contributed by atoms with Crippen molar-refractivity contribution < 1.29 is 0 Å². The Morgan fingerprint density at radius 2 is 0.846 bits per heavy atom. The third-order valence-electron chi connectivity index (χ3n) is 2.31. The van der Waals surface area contributed by atoms with E-state index in [1.54, 1.807) is 0 Å². The average Bonchev–Trinajstić information content (AvgIpc) is 2.06. The van der Waals surface area contributed by atoms with E-state index < -0.39 is 21.2 Å². The molecule has 0 aromatic rings. The Morgan fingerprint density at radius 1 is 0.615 bits per heavy atom. The van der Waals surface area contributed by atoms with Gasteiger partial charge in [0, 0.05) is 0 Å². The van der Waals surface area contributed by atoms with Crippen LogP contribution in [0, 0.1) is 0 Å². The molecular formula is C12H20Pb. The van der Waals surface area contributed by atoms with Crippen LogP contribution in [-0.4, -0.2) is 21.2 Å². The van der Waals surface area contributed by atoms with E-state index in [-0.39, 0.29) is 0 Å². The van der Waals surface area contributed by atoms with E-state index in [4.69, 9.17) is 0 Å². The molecule has 0 fully saturated rings. The van der Waals surface area contributed by atoms with E-state index in [2.05, 4.69) is 50.6 Å². The fourth-order valence-electron chi connectivity index (χ4n) is 1.72. The molecule has 0 aliphatic carbocycles. The molecule has 0 nitrogen and oxygen atoms in total. The Hall–Kier alpha value is -0.118. The Kier molecular flexibility index (Phi) is 7.24. The second-order valence-corrected chi connectivity index (χ2v) is 21.5. The topological polar surface area (TPSA) is 0 Å². The van der Waals surface area contributed by atoms with E-state index in [9.17, 15) is 0 Å². The van der Waals surface area contributed by atoms with Gasteiger partial charge in [0.25, 0.3) is 0 Å². The standard InChI is InChI=1S/4C3H5.Pb/c4*1-3-2;/h4*3H,1-2H2;. The van der Waals surface area contributed by atoms with E-state index >= 15 is 0 Å². The van der Waals surface area contributed by atoms with Crippen LogP contribution in [0.5, 0.6) is 0 Å². The van der Waals surface area contributed by atoms with Gasteiger partial charge in [-0.2, -0.15) is 0 Å². The monoisotopic (exact) mass is 372 g/mol. The molecule has 0 aliphatic heterocycles. The van der Waals surface area contributed by atoms with Crippen LogP contribution in [0.25, 0.3) is 0 Å². The van der Waals surface area contributed by atoms with E-state index in [0.29, 0.717) is 0 Å². The summed E-state index contributed by atoms with van der Waals surface area (Å²) >= 11 is -2.17. The van der Waals surface area contributed by atoms with Gasteiger partial charge in [-0.3, -0.25) is 0 Å². The normalized spacial score (nSPS) is 10.5. The SMILES string of the molecule is C=C[CH2][Pb]([CH2]C=C)([CH2]C=C)[CH2]C=C. The summed E-state index contributed by atoms with van der Waals surface area (Å²) in [6.07, 6.45) is 8.27. The summed E-state index contributed by atoms with van der Waals surface area (Å²) in [7, 11) is 0. The van der Waals surface area contributed by atoms with Crippen molar-refractivity contribution in [2.45, 2.75) is 15.9 Å². The summed E-state index contributed by atoms with van der Waals surface area (Å²) in [5.74, 6) is 0. The van der Waals surface area contributed by atoms with Crippen molar-refractivity contribution in [3.63, 3.8) is 0 Å². The number of rotatable bonds is 8. The second kappa shape index (κ2) is 7.30. The first-order chi connectivity index (χ1) is 6.24. The molecule has 0 aliphatic rings. The van der Waals surface area contributed by atoms with Gasteiger partial charge in [0.1, 0.15) is 0 Å². The maximum absolute atomic E-state index is 3.84. The van der Waals surface area contributed by atoms with Crippen LogP contribution >= 0.6 is 0 Å². The van der Waals surface area contributed by atoms with Crippen LogP contribution in [0.4, 0.5) is 0 Å². The Bertz CT molecular complexity index is 146. The fraction of sp³-hybridized carbons (Fsp3) is 0.333. The number of allylic oxidation sites excluding steroid dienone is 4. The summed E-state index contributed by atoms with van der Waals surface area (Å²) in [4.78, 5) is 0. The van der Waals surface area contributed by atoms with Gasteiger partial charge >= 0.3 is 87.7 Å². The Balaban J connectivity index is 4.53. The molecule has 1 heteroatoms. The van der Waals surface area contributed by atoms with E-state index in [1.165, 1.54) is 15.9 Å². The first-order valence-corrected chi connectivity index (χ1v) is 15.7. The van der Waals surface area contributed by atoms with Gasteiger partial charge in [0.15, 0.2) is 0 Å². The molecule has 0 atom stereocenters. The van der Waals surface area contributed by atoms with Crippen molar-refractivity contribution in [1.82, 2.24) is 0 Å². The van der Waals surface area contributed by atoms with Crippen molar-refractivity contribution in [2.75, 3.05) is 0 Å². The first kappa shape index (κ1) is 12.9. The third-order valence-corrected chi connectivity index (χ3v) is 20.3. The predicted molar refractivity (Wildman–Crippen MR) is 65.8 cm³/mol. The molecular weight excluding hydrogens is 351 g/mol. The minimum absolute atomic E-state index is 1.22. The molecule has 0 bridgehead atoms. The van der Waals surface area contributed by atoms with Gasteiger partial charge in [0.05, 0.1) is 0 Å². The molecule has 13 heavy (non-hydrogen) atoms. The van der Waals surface area contributed by atoms with Gasteiger partial charge in [-0.05, 0) is 0 Å². The summed E-state index contributed by atoms with van der Waals surface area (Å²) < 4.78 is 4.88. The molecule has 72 valence electrons. The molecule has 0 aromatic carbocycles. The molecule has 0 radical (unpaired) electrons. The maximum atomic E-state index is 3.84. The summed E-state index contributed by atoms with van der Waals surface area (Å²) in [5.41, 5.74) is 0. The molecule has 0 spiro atoms. The van der Waals surface area contributed by atoms with Crippen LogP contribution < -0.4 is 0 Å². The zero-order chi connectivity index (χ0) is 10.2. The van der Waals surface area contributed by atoms with Crippen molar-refractivity contribution in [3.8, 4) is 0 Å². The molecule has 0 aromatic heterocycles. The summed E-state index contributed by atoms with van der Waals surface area (Å²) in [6, 6.07) is 0. The quantitative estimate of drug-likeness (QED) is 0.444. The van der Waals surface area contributed by atoms with Crippen LogP contribution in [-0.2, 0) is 0 Å². The zero-order valence-electron chi connectivity index (χ0n) is 8.47. The zero-order valence-corrected chi connectivity index (χ0v) is 12.4. The van der Waals surface area contributed by atoms with Crippen LogP contribution in [0.1, 0.15) is 0 Å². The van der Waals surface area contributed by atoms with Crippen molar-refractivity contribution in [3.05, 3.63) is 50.6 Å². The van der Waals surface area contributed by atoms with Crippen molar-refractivity contribution in [2.24, 2.45) is 0 Å². The van der Waals surface area contributed by atoms with Gasteiger partial charge in [-0.15, -0.1) is 0 Å². The summed E-state index contributed by atoms with van der Waals surface area (Å²) in [5, 5.41) is 0. The predicted octanol–water partition coefficient (Wildman–Crippen LogP) is 4.18. The molecule has 0 unspecified atom stereocenters. The Labute approximate surface area is 87.4 Å². The minimum atomic E-state index is -2.17. The third kappa shape index (κ3) is 4.60. The Morgan fingerprint density at radius 3 is 1.00 bits per heavy atom. The van der Waals surface area contributed by atoms with Gasteiger partial charge in [-0.25, -0.2) is 0 Å². The number of hydrogen-bond acceptors (Lipinski definition) is 0. The van der Waals surface area contributed by atoms with Gasteiger partial charge < -0.3 is 0 Å². The molecule has 0 N–H and O–H groups in total. The second-order valence-electron chi connectivity index (χ2n) is 3.47. The fourth-order valence-corrected chi connectivity index (χ4v) is 15.1.